The molecular weight excluding hydrogens is 461 g/mol. The molecule has 3 aliphatic carbocycles. The average Bonchev–Trinajstić information content (AvgIpc) is 2.73. The second-order valence-corrected chi connectivity index (χ2v) is 8.90. The summed E-state index contributed by atoms with van der Waals surface area (Å²) in [5.41, 5.74) is -0.357. The lowest BCUT2D eigenvalue weighted by Crippen LogP contribution is -2.78. The maximum Gasteiger partial charge on any atom is 0.272 e. The van der Waals surface area contributed by atoms with Crippen molar-refractivity contribution in [1.29, 1.82) is 0 Å². The van der Waals surface area contributed by atoms with Crippen molar-refractivity contribution in [3.8, 4) is 11.5 Å². The molecule has 6 nitrogen and oxygen atoms in total. The molecule has 0 aliphatic heterocycles. The van der Waals surface area contributed by atoms with Crippen molar-refractivity contribution in [2.45, 2.75) is 37.8 Å². The molecular formula is C23H22ClF3N2O4. The number of hydrogen-bond acceptors (Lipinski definition) is 4. The predicted molar refractivity (Wildman–Crippen MR) is 114 cm³/mol. The Labute approximate surface area is 193 Å². The van der Waals surface area contributed by atoms with E-state index < -0.39 is 29.8 Å². The van der Waals surface area contributed by atoms with Gasteiger partial charge in [-0.1, -0.05) is 29.8 Å². The fourth-order valence-electron chi connectivity index (χ4n) is 4.52. The highest BCUT2D eigenvalue weighted by atomic mass is 35.5. The zero-order valence-electron chi connectivity index (χ0n) is 17.5. The third-order valence-electron chi connectivity index (χ3n) is 5.95. The second kappa shape index (κ2) is 9.13. The molecule has 33 heavy (non-hydrogen) atoms. The second-order valence-electron chi connectivity index (χ2n) is 8.50. The molecule has 3 aliphatic rings. The molecule has 0 unspecified atom stereocenters. The molecule has 10 heteroatoms. The number of carbonyl (C=O) groups excluding carboxylic acids is 2. The lowest BCUT2D eigenvalue weighted by molar-refractivity contribution is -0.184. The first-order valence-corrected chi connectivity index (χ1v) is 10.7. The Morgan fingerprint density at radius 2 is 1.82 bits per heavy atom. The first-order chi connectivity index (χ1) is 15.7. The molecule has 3 fully saturated rings. The molecule has 0 spiro atoms. The van der Waals surface area contributed by atoms with Crippen molar-refractivity contribution >= 4 is 23.4 Å². The van der Waals surface area contributed by atoms with Crippen LogP contribution in [0.5, 0.6) is 11.5 Å². The third kappa shape index (κ3) is 5.03. The first kappa shape index (κ1) is 23.2. The maximum absolute atomic E-state index is 13.4. The number of alkyl halides is 2. The number of ether oxygens (including phenoxy) is 2. The van der Waals surface area contributed by atoms with E-state index in [4.69, 9.17) is 21.1 Å². The zero-order chi connectivity index (χ0) is 23.6. The van der Waals surface area contributed by atoms with Gasteiger partial charge in [0.15, 0.2) is 6.61 Å². The molecule has 5 rings (SSSR count). The molecule has 0 atom stereocenters. The number of carbonyl (C=O) groups is 2. The molecule has 2 bridgehead atoms. The van der Waals surface area contributed by atoms with Gasteiger partial charge in [0, 0.05) is 23.7 Å². The summed E-state index contributed by atoms with van der Waals surface area (Å²) in [7, 11) is 0. The van der Waals surface area contributed by atoms with Crippen molar-refractivity contribution in [2.75, 3.05) is 13.2 Å². The van der Waals surface area contributed by atoms with E-state index in [-0.39, 0.29) is 35.7 Å². The van der Waals surface area contributed by atoms with Gasteiger partial charge in [-0.05, 0) is 37.5 Å². The van der Waals surface area contributed by atoms with Gasteiger partial charge in [0.2, 0.25) is 5.91 Å². The van der Waals surface area contributed by atoms with Gasteiger partial charge >= 0.3 is 0 Å². The summed E-state index contributed by atoms with van der Waals surface area (Å²) in [6.07, 6.45) is -1.05. The summed E-state index contributed by atoms with van der Waals surface area (Å²) in [5, 5.41) is 5.70. The maximum atomic E-state index is 13.4. The summed E-state index contributed by atoms with van der Waals surface area (Å²) < 4.78 is 48.7. The molecule has 0 saturated heterocycles. The Hall–Kier alpha value is -2.94. The quantitative estimate of drug-likeness (QED) is 0.539. The van der Waals surface area contributed by atoms with Crippen LogP contribution >= 0.6 is 11.6 Å². The minimum absolute atomic E-state index is 0.0339. The number of rotatable bonds is 10. The Bertz CT molecular complexity index is 1050. The average molecular weight is 483 g/mol. The van der Waals surface area contributed by atoms with Gasteiger partial charge in [0.1, 0.15) is 23.9 Å². The minimum Gasteiger partial charge on any atom is -0.487 e. The lowest BCUT2D eigenvalue weighted by atomic mass is 9.39. The standard InChI is InChI=1S/C23H22ClF3N2O4/c24-16-6-5-15(7-17(16)25)32-10-20(30)29-23-11-22(12-23,13-23)21(31)28-8-14-3-1-2-4-18(14)33-9-19(26)27/h1-7,19H,8-13H2,(H,28,31)(H,29,30). The van der Waals surface area contributed by atoms with E-state index in [1.54, 1.807) is 24.3 Å². The molecule has 0 aromatic heterocycles. The summed E-state index contributed by atoms with van der Waals surface area (Å²) in [4.78, 5) is 24.9. The first-order valence-electron chi connectivity index (χ1n) is 10.4. The van der Waals surface area contributed by atoms with Crippen LogP contribution in [0.1, 0.15) is 24.8 Å². The molecule has 2 amide bonds. The van der Waals surface area contributed by atoms with Crippen LogP contribution in [0.2, 0.25) is 5.02 Å². The molecule has 2 aromatic carbocycles. The monoisotopic (exact) mass is 482 g/mol. The summed E-state index contributed by atoms with van der Waals surface area (Å²) in [6, 6.07) is 10.6. The van der Waals surface area contributed by atoms with Gasteiger partial charge in [-0.3, -0.25) is 9.59 Å². The van der Waals surface area contributed by atoms with Crippen LogP contribution < -0.4 is 20.1 Å². The van der Waals surface area contributed by atoms with Crippen LogP contribution in [0.3, 0.4) is 0 Å². The summed E-state index contributed by atoms with van der Waals surface area (Å²) in [6.45, 7) is -0.837. The van der Waals surface area contributed by atoms with E-state index in [2.05, 4.69) is 10.6 Å². The van der Waals surface area contributed by atoms with Crippen LogP contribution in [-0.2, 0) is 16.1 Å². The van der Waals surface area contributed by atoms with Gasteiger partial charge in [0.05, 0.1) is 10.4 Å². The van der Waals surface area contributed by atoms with E-state index in [1.807, 2.05) is 0 Å². The van der Waals surface area contributed by atoms with E-state index in [1.165, 1.54) is 12.1 Å². The van der Waals surface area contributed by atoms with E-state index >= 15 is 0 Å². The smallest absolute Gasteiger partial charge is 0.272 e. The van der Waals surface area contributed by atoms with Crippen LogP contribution in [-0.4, -0.2) is 37.0 Å². The minimum atomic E-state index is -2.59. The van der Waals surface area contributed by atoms with Crippen LogP contribution in [0.4, 0.5) is 13.2 Å². The Balaban J connectivity index is 1.22. The zero-order valence-corrected chi connectivity index (χ0v) is 18.3. The highest BCUT2D eigenvalue weighted by molar-refractivity contribution is 6.30. The molecule has 176 valence electrons. The summed E-state index contributed by atoms with van der Waals surface area (Å²) in [5.74, 6) is -0.636. The van der Waals surface area contributed by atoms with Crippen LogP contribution in [0.25, 0.3) is 0 Å². The lowest BCUT2D eigenvalue weighted by Gasteiger charge is -2.69. The van der Waals surface area contributed by atoms with Crippen molar-refractivity contribution in [3.05, 3.63) is 58.9 Å². The van der Waals surface area contributed by atoms with E-state index in [0.29, 0.717) is 30.6 Å². The molecule has 2 N–H and O–H groups in total. The largest absolute Gasteiger partial charge is 0.487 e. The SMILES string of the molecule is O=C(COc1ccc(Cl)c(F)c1)NC12CC(C(=O)NCc3ccccc3OCC(F)F)(C1)C2. The van der Waals surface area contributed by atoms with Gasteiger partial charge in [-0.25, -0.2) is 13.2 Å². The predicted octanol–water partition coefficient (Wildman–Crippen LogP) is 3.86. The molecule has 0 radical (unpaired) electrons. The van der Waals surface area contributed by atoms with Crippen LogP contribution in [0, 0.1) is 11.2 Å². The number of halogens is 4. The number of hydrogen-bond donors (Lipinski definition) is 2. The van der Waals surface area contributed by atoms with E-state index in [9.17, 15) is 22.8 Å². The Morgan fingerprint density at radius 1 is 1.09 bits per heavy atom. The van der Waals surface area contributed by atoms with Gasteiger partial charge < -0.3 is 20.1 Å². The Morgan fingerprint density at radius 3 is 2.52 bits per heavy atom. The molecule has 3 saturated carbocycles. The van der Waals surface area contributed by atoms with Gasteiger partial charge in [-0.15, -0.1) is 0 Å². The fraction of sp³-hybridized carbons (Fsp3) is 0.391. The Kier molecular flexibility index (Phi) is 6.43. The number of amides is 2. The van der Waals surface area contributed by atoms with Gasteiger partial charge in [-0.2, -0.15) is 0 Å². The topological polar surface area (TPSA) is 76.7 Å². The highest BCUT2D eigenvalue weighted by Gasteiger charge is 2.72. The van der Waals surface area contributed by atoms with Crippen molar-refractivity contribution in [2.24, 2.45) is 5.41 Å². The molecule has 0 heterocycles. The summed E-state index contributed by atoms with van der Waals surface area (Å²) >= 11 is 5.62. The highest BCUT2D eigenvalue weighted by Crippen LogP contribution is 2.67. The van der Waals surface area contributed by atoms with Crippen molar-refractivity contribution in [1.82, 2.24) is 10.6 Å². The third-order valence-corrected chi connectivity index (χ3v) is 6.26. The number of para-hydroxylation sites is 1. The fourth-order valence-corrected chi connectivity index (χ4v) is 4.63. The van der Waals surface area contributed by atoms with E-state index in [0.717, 1.165) is 6.07 Å². The van der Waals surface area contributed by atoms with Crippen LogP contribution in [0.15, 0.2) is 42.5 Å². The van der Waals surface area contributed by atoms with Gasteiger partial charge in [0.25, 0.3) is 12.3 Å². The van der Waals surface area contributed by atoms with Crippen molar-refractivity contribution < 1.29 is 32.2 Å². The van der Waals surface area contributed by atoms with Crippen molar-refractivity contribution in [3.63, 3.8) is 0 Å². The number of benzene rings is 2. The molecule has 2 aromatic rings. The number of nitrogens with one attached hydrogen (secondary N) is 2. The normalized spacial score (nSPS) is 22.7.